The van der Waals surface area contributed by atoms with Crippen LogP contribution in [-0.4, -0.2) is 37.2 Å². The van der Waals surface area contributed by atoms with Crippen molar-refractivity contribution < 1.29 is 4.74 Å². The van der Waals surface area contributed by atoms with E-state index in [4.69, 9.17) is 4.74 Å². The lowest BCUT2D eigenvalue weighted by Gasteiger charge is -2.37. The molecule has 0 bridgehead atoms. The molecule has 1 aliphatic rings. The predicted molar refractivity (Wildman–Crippen MR) is 60.5 cm³/mol. The molecule has 84 valence electrons. The van der Waals surface area contributed by atoms with Crippen molar-refractivity contribution in [2.24, 2.45) is 5.41 Å². The minimum Gasteiger partial charge on any atom is -0.379 e. The maximum atomic E-state index is 5.38. The van der Waals surface area contributed by atoms with Crippen molar-refractivity contribution in [2.45, 2.75) is 46.6 Å². The lowest BCUT2D eigenvalue weighted by Crippen LogP contribution is -2.44. The van der Waals surface area contributed by atoms with E-state index in [0.717, 1.165) is 32.3 Å². The van der Waals surface area contributed by atoms with Crippen LogP contribution in [-0.2, 0) is 4.74 Å². The zero-order valence-corrected chi connectivity index (χ0v) is 10.2. The molecule has 0 aromatic rings. The molecule has 0 aromatic carbocycles. The molecule has 1 saturated heterocycles. The Bertz CT molecular complexity index is 156. The average molecular weight is 199 g/mol. The van der Waals surface area contributed by atoms with Gasteiger partial charge in [-0.25, -0.2) is 0 Å². The van der Waals surface area contributed by atoms with Crippen molar-refractivity contribution in [3.05, 3.63) is 0 Å². The van der Waals surface area contributed by atoms with Crippen LogP contribution in [0.5, 0.6) is 0 Å². The molecule has 1 fully saturated rings. The fourth-order valence-electron chi connectivity index (χ4n) is 2.18. The molecule has 1 rings (SSSR count). The molecule has 0 spiro atoms. The summed E-state index contributed by atoms with van der Waals surface area (Å²) >= 11 is 0. The summed E-state index contributed by atoms with van der Waals surface area (Å²) in [5.41, 5.74) is 0.443. The first kappa shape index (κ1) is 12.0. The van der Waals surface area contributed by atoms with Gasteiger partial charge in [0.15, 0.2) is 0 Å². The second-order valence-electron chi connectivity index (χ2n) is 5.48. The van der Waals surface area contributed by atoms with Crippen LogP contribution in [0, 0.1) is 5.41 Å². The van der Waals surface area contributed by atoms with Gasteiger partial charge in [0.2, 0.25) is 0 Å². The molecule has 0 N–H and O–H groups in total. The summed E-state index contributed by atoms with van der Waals surface area (Å²) in [5.74, 6) is 0. The summed E-state index contributed by atoms with van der Waals surface area (Å²) in [5, 5.41) is 0. The van der Waals surface area contributed by atoms with Crippen LogP contribution in [0.25, 0.3) is 0 Å². The van der Waals surface area contributed by atoms with Gasteiger partial charge in [0.25, 0.3) is 0 Å². The van der Waals surface area contributed by atoms with E-state index in [9.17, 15) is 0 Å². The lowest BCUT2D eigenvalue weighted by molar-refractivity contribution is 0.00689. The van der Waals surface area contributed by atoms with Crippen molar-refractivity contribution in [3.63, 3.8) is 0 Å². The first-order valence-corrected chi connectivity index (χ1v) is 5.85. The van der Waals surface area contributed by atoms with Crippen molar-refractivity contribution in [2.75, 3.05) is 26.3 Å². The van der Waals surface area contributed by atoms with Crippen LogP contribution in [0.1, 0.15) is 40.5 Å². The highest BCUT2D eigenvalue weighted by Gasteiger charge is 2.24. The van der Waals surface area contributed by atoms with Gasteiger partial charge >= 0.3 is 0 Å². The van der Waals surface area contributed by atoms with Crippen molar-refractivity contribution in [1.82, 2.24) is 4.90 Å². The maximum absolute atomic E-state index is 5.38. The van der Waals surface area contributed by atoms with E-state index in [1.807, 2.05) is 0 Å². The summed E-state index contributed by atoms with van der Waals surface area (Å²) in [6.45, 7) is 13.4. The normalized spacial score (nSPS) is 22.3. The summed E-state index contributed by atoms with van der Waals surface area (Å²) in [6.07, 6.45) is 2.56. The van der Waals surface area contributed by atoms with Crippen molar-refractivity contribution >= 4 is 0 Å². The standard InChI is InChI=1S/C12H25NO/c1-5-11(10-12(2,3)4)13-6-8-14-9-7-13/h11H,5-10H2,1-4H3/t11-/m1/s1. The molecular weight excluding hydrogens is 174 g/mol. The number of morpholine rings is 1. The van der Waals surface area contributed by atoms with Gasteiger partial charge in [-0.3, -0.25) is 4.90 Å². The smallest absolute Gasteiger partial charge is 0.0594 e. The molecule has 1 heterocycles. The third-order valence-corrected chi connectivity index (χ3v) is 2.88. The molecule has 2 nitrogen and oxygen atoms in total. The highest BCUT2D eigenvalue weighted by molar-refractivity contribution is 4.77. The lowest BCUT2D eigenvalue weighted by atomic mass is 9.86. The largest absolute Gasteiger partial charge is 0.379 e. The van der Waals surface area contributed by atoms with E-state index in [2.05, 4.69) is 32.6 Å². The van der Waals surface area contributed by atoms with Crippen LogP contribution in [0.2, 0.25) is 0 Å². The fourth-order valence-corrected chi connectivity index (χ4v) is 2.18. The van der Waals surface area contributed by atoms with Gasteiger partial charge in [0.05, 0.1) is 13.2 Å². The van der Waals surface area contributed by atoms with Gasteiger partial charge in [0, 0.05) is 19.1 Å². The van der Waals surface area contributed by atoms with E-state index in [1.165, 1.54) is 12.8 Å². The Balaban J connectivity index is 2.43. The number of rotatable bonds is 3. The molecule has 2 heteroatoms. The molecule has 0 radical (unpaired) electrons. The Hall–Kier alpha value is -0.0800. The number of ether oxygens (including phenoxy) is 1. The van der Waals surface area contributed by atoms with E-state index in [1.54, 1.807) is 0 Å². The monoisotopic (exact) mass is 199 g/mol. The average Bonchev–Trinajstić information content (AvgIpc) is 2.14. The Morgan fingerprint density at radius 3 is 2.21 bits per heavy atom. The molecule has 0 unspecified atom stereocenters. The van der Waals surface area contributed by atoms with Crippen LogP contribution in [0.4, 0.5) is 0 Å². The zero-order valence-electron chi connectivity index (χ0n) is 10.2. The van der Waals surface area contributed by atoms with E-state index >= 15 is 0 Å². The van der Waals surface area contributed by atoms with Gasteiger partial charge in [-0.05, 0) is 18.3 Å². The molecular formula is C12H25NO. The highest BCUT2D eigenvalue weighted by Crippen LogP contribution is 2.25. The zero-order chi connectivity index (χ0) is 10.6. The highest BCUT2D eigenvalue weighted by atomic mass is 16.5. The summed E-state index contributed by atoms with van der Waals surface area (Å²) in [7, 11) is 0. The number of nitrogens with zero attached hydrogens (tertiary/aromatic N) is 1. The Morgan fingerprint density at radius 2 is 1.79 bits per heavy atom. The van der Waals surface area contributed by atoms with Crippen LogP contribution >= 0.6 is 0 Å². The molecule has 0 aromatic heterocycles. The SMILES string of the molecule is CC[C@H](CC(C)(C)C)N1CCOCC1. The molecule has 0 aliphatic carbocycles. The van der Waals surface area contributed by atoms with Gasteiger partial charge < -0.3 is 4.74 Å². The van der Waals surface area contributed by atoms with Crippen LogP contribution in [0.3, 0.4) is 0 Å². The van der Waals surface area contributed by atoms with Crippen molar-refractivity contribution in [1.29, 1.82) is 0 Å². The predicted octanol–water partition coefficient (Wildman–Crippen LogP) is 2.53. The molecule has 1 atom stereocenters. The van der Waals surface area contributed by atoms with Gasteiger partial charge in [-0.2, -0.15) is 0 Å². The summed E-state index contributed by atoms with van der Waals surface area (Å²) in [6, 6.07) is 0.749. The molecule has 0 amide bonds. The van der Waals surface area contributed by atoms with E-state index < -0.39 is 0 Å². The first-order chi connectivity index (χ1) is 6.53. The van der Waals surface area contributed by atoms with Crippen molar-refractivity contribution in [3.8, 4) is 0 Å². The number of hydrogen-bond donors (Lipinski definition) is 0. The quantitative estimate of drug-likeness (QED) is 0.692. The van der Waals surface area contributed by atoms with Gasteiger partial charge in [0.1, 0.15) is 0 Å². The Kier molecular flexibility index (Phi) is 4.39. The maximum Gasteiger partial charge on any atom is 0.0594 e. The third-order valence-electron chi connectivity index (χ3n) is 2.88. The van der Waals surface area contributed by atoms with Gasteiger partial charge in [-0.1, -0.05) is 27.7 Å². The molecule has 0 saturated carbocycles. The summed E-state index contributed by atoms with van der Waals surface area (Å²) in [4.78, 5) is 2.59. The van der Waals surface area contributed by atoms with Crippen LogP contribution < -0.4 is 0 Å². The number of hydrogen-bond acceptors (Lipinski definition) is 2. The summed E-state index contributed by atoms with van der Waals surface area (Å²) < 4.78 is 5.38. The third kappa shape index (κ3) is 3.97. The minimum atomic E-state index is 0.443. The Morgan fingerprint density at radius 1 is 1.21 bits per heavy atom. The topological polar surface area (TPSA) is 12.5 Å². The van der Waals surface area contributed by atoms with Crippen LogP contribution in [0.15, 0.2) is 0 Å². The van der Waals surface area contributed by atoms with E-state index in [-0.39, 0.29) is 0 Å². The van der Waals surface area contributed by atoms with Gasteiger partial charge in [-0.15, -0.1) is 0 Å². The second-order valence-corrected chi connectivity index (χ2v) is 5.48. The Labute approximate surface area is 88.6 Å². The van der Waals surface area contributed by atoms with E-state index in [0.29, 0.717) is 5.41 Å². The fraction of sp³-hybridized carbons (Fsp3) is 1.00. The minimum absolute atomic E-state index is 0.443. The molecule has 1 aliphatic heterocycles. The molecule has 14 heavy (non-hydrogen) atoms. The second kappa shape index (κ2) is 5.13. The first-order valence-electron chi connectivity index (χ1n) is 5.85.